The van der Waals surface area contributed by atoms with Crippen molar-refractivity contribution >= 4 is 65.0 Å². The van der Waals surface area contributed by atoms with Gasteiger partial charge in [0.05, 0.1) is 5.41 Å². The van der Waals surface area contributed by atoms with E-state index in [0.29, 0.717) is 0 Å². The molecular formula is C59H34O. The van der Waals surface area contributed by atoms with Crippen LogP contribution in [0.5, 0.6) is 0 Å². The molecule has 0 aliphatic heterocycles. The molecule has 0 N–H and O–H groups in total. The molecule has 12 aromatic rings. The van der Waals surface area contributed by atoms with Crippen LogP contribution in [0.25, 0.3) is 110 Å². The molecule has 0 saturated heterocycles. The van der Waals surface area contributed by atoms with Crippen LogP contribution in [0.1, 0.15) is 22.3 Å². The highest BCUT2D eigenvalue weighted by Gasteiger charge is 2.52. The number of para-hydroxylation sites is 1. The highest BCUT2D eigenvalue weighted by molar-refractivity contribution is 6.23. The van der Waals surface area contributed by atoms with Crippen LogP contribution in [-0.2, 0) is 5.41 Å². The zero-order valence-electron chi connectivity index (χ0n) is 32.5. The standard InChI is InChI=1S/C59H34O/c1-2-14-39-35(13-1)27-31-52-57(39)48-30-25-36-33-37(26-29-40(36)58(48)59(52)50-22-10-7-15-41(50)42-16-8-11-23-51(42)59)55-44-18-3-5-20-46(44)56(47-21-6-4-19-45(47)55)38-28-32-54-49(34-38)43-17-9-12-24-53(43)60-54/h1-34H. The first-order chi connectivity index (χ1) is 29.8. The van der Waals surface area contributed by atoms with Crippen molar-refractivity contribution in [2.24, 2.45) is 0 Å². The summed E-state index contributed by atoms with van der Waals surface area (Å²) in [5.74, 6) is 0. The summed E-state index contributed by atoms with van der Waals surface area (Å²) in [4.78, 5) is 0. The number of fused-ring (bicyclic) bond motifs is 19. The third kappa shape index (κ3) is 4.02. The average Bonchev–Trinajstić information content (AvgIpc) is 3.94. The van der Waals surface area contributed by atoms with Crippen molar-refractivity contribution in [1.29, 1.82) is 0 Å². The van der Waals surface area contributed by atoms with Crippen molar-refractivity contribution < 1.29 is 4.42 Å². The van der Waals surface area contributed by atoms with Gasteiger partial charge in [-0.25, -0.2) is 0 Å². The Balaban J connectivity index is 1.05. The van der Waals surface area contributed by atoms with Gasteiger partial charge in [0.1, 0.15) is 11.2 Å². The maximum atomic E-state index is 6.26. The van der Waals surface area contributed by atoms with E-state index in [1.165, 1.54) is 110 Å². The minimum absolute atomic E-state index is 0.439. The molecule has 276 valence electrons. The second kappa shape index (κ2) is 11.7. The van der Waals surface area contributed by atoms with Gasteiger partial charge >= 0.3 is 0 Å². The van der Waals surface area contributed by atoms with E-state index in [2.05, 4.69) is 200 Å². The lowest BCUT2D eigenvalue weighted by molar-refractivity contribution is 0.669. The van der Waals surface area contributed by atoms with Crippen molar-refractivity contribution in [3.05, 3.63) is 229 Å². The quantitative estimate of drug-likeness (QED) is 0.160. The van der Waals surface area contributed by atoms with Crippen molar-refractivity contribution in [3.63, 3.8) is 0 Å². The van der Waals surface area contributed by atoms with Gasteiger partial charge in [0, 0.05) is 10.8 Å². The summed E-state index contributed by atoms with van der Waals surface area (Å²) >= 11 is 0. The maximum absolute atomic E-state index is 6.26. The number of furan rings is 1. The second-order valence-electron chi connectivity index (χ2n) is 16.6. The molecule has 1 heteroatoms. The lowest BCUT2D eigenvalue weighted by Gasteiger charge is -2.31. The van der Waals surface area contributed by atoms with Gasteiger partial charge in [-0.3, -0.25) is 0 Å². The molecule has 0 unspecified atom stereocenters. The molecule has 0 amide bonds. The fourth-order valence-electron chi connectivity index (χ4n) is 11.5. The van der Waals surface area contributed by atoms with Gasteiger partial charge in [-0.1, -0.05) is 182 Å². The van der Waals surface area contributed by atoms with Gasteiger partial charge in [-0.15, -0.1) is 0 Å². The van der Waals surface area contributed by atoms with Crippen LogP contribution in [0.3, 0.4) is 0 Å². The number of rotatable bonds is 2. The zero-order chi connectivity index (χ0) is 39.1. The van der Waals surface area contributed by atoms with Crippen LogP contribution in [0.2, 0.25) is 0 Å². The fraction of sp³-hybridized carbons (Fsp3) is 0.0169. The molecule has 1 spiro atoms. The average molecular weight is 759 g/mol. The lowest BCUT2D eigenvalue weighted by Crippen LogP contribution is -2.26. The van der Waals surface area contributed by atoms with Crippen LogP contribution in [-0.4, -0.2) is 0 Å². The molecule has 0 bridgehead atoms. The molecule has 1 heterocycles. The third-order valence-electron chi connectivity index (χ3n) is 13.8. The molecule has 60 heavy (non-hydrogen) atoms. The van der Waals surface area contributed by atoms with E-state index < -0.39 is 5.41 Å². The summed E-state index contributed by atoms with van der Waals surface area (Å²) in [6.45, 7) is 0. The molecule has 14 rings (SSSR count). The number of hydrogen-bond acceptors (Lipinski definition) is 1. The summed E-state index contributed by atoms with van der Waals surface area (Å²) in [6.07, 6.45) is 0. The van der Waals surface area contributed by atoms with Gasteiger partial charge < -0.3 is 4.42 Å². The van der Waals surface area contributed by atoms with Crippen molar-refractivity contribution in [1.82, 2.24) is 0 Å². The monoisotopic (exact) mass is 758 g/mol. The summed E-state index contributed by atoms with van der Waals surface area (Å²) in [5.41, 5.74) is 17.2. The molecule has 1 nitrogen and oxygen atoms in total. The van der Waals surface area contributed by atoms with Crippen LogP contribution in [0.4, 0.5) is 0 Å². The van der Waals surface area contributed by atoms with E-state index in [4.69, 9.17) is 4.42 Å². The van der Waals surface area contributed by atoms with E-state index in [0.717, 1.165) is 21.9 Å². The minimum Gasteiger partial charge on any atom is -0.456 e. The Morgan fingerprint density at radius 1 is 0.283 bits per heavy atom. The van der Waals surface area contributed by atoms with Crippen LogP contribution in [0.15, 0.2) is 211 Å². The Hall–Kier alpha value is -7.74. The van der Waals surface area contributed by atoms with E-state index >= 15 is 0 Å². The lowest BCUT2D eigenvalue weighted by atomic mass is 9.69. The molecule has 2 aliphatic rings. The molecule has 0 atom stereocenters. The van der Waals surface area contributed by atoms with Crippen molar-refractivity contribution in [3.8, 4) is 44.5 Å². The van der Waals surface area contributed by atoms with Gasteiger partial charge in [-0.2, -0.15) is 0 Å². The SMILES string of the molecule is c1ccc2c(c1)-c1ccccc1C21c2ccc3ccccc3c2-c2ccc3cc(-c4c5ccccc5c(-c5ccc6oc7ccccc7c6c5)c5ccccc45)ccc3c21. The van der Waals surface area contributed by atoms with Gasteiger partial charge in [0.25, 0.3) is 0 Å². The maximum Gasteiger partial charge on any atom is 0.135 e. The van der Waals surface area contributed by atoms with Crippen LogP contribution >= 0.6 is 0 Å². The number of benzene rings is 11. The first-order valence-corrected chi connectivity index (χ1v) is 20.9. The highest BCUT2D eigenvalue weighted by atomic mass is 16.3. The normalized spacial score (nSPS) is 13.5. The van der Waals surface area contributed by atoms with Crippen LogP contribution < -0.4 is 0 Å². The van der Waals surface area contributed by atoms with Crippen molar-refractivity contribution in [2.75, 3.05) is 0 Å². The highest BCUT2D eigenvalue weighted by Crippen LogP contribution is 2.65. The van der Waals surface area contributed by atoms with Gasteiger partial charge in [0.2, 0.25) is 0 Å². The van der Waals surface area contributed by atoms with Crippen molar-refractivity contribution in [2.45, 2.75) is 5.41 Å². The van der Waals surface area contributed by atoms with E-state index in [1.54, 1.807) is 0 Å². The smallest absolute Gasteiger partial charge is 0.135 e. The summed E-state index contributed by atoms with van der Waals surface area (Å²) in [6, 6.07) is 76.9. The molecule has 11 aromatic carbocycles. The first-order valence-electron chi connectivity index (χ1n) is 20.9. The Morgan fingerprint density at radius 3 is 1.52 bits per heavy atom. The first kappa shape index (κ1) is 32.2. The summed E-state index contributed by atoms with van der Waals surface area (Å²) < 4.78 is 6.26. The Labute approximate surface area is 346 Å². The van der Waals surface area contributed by atoms with Gasteiger partial charge in [-0.05, 0) is 134 Å². The van der Waals surface area contributed by atoms with Crippen LogP contribution in [0, 0.1) is 0 Å². The van der Waals surface area contributed by atoms with E-state index in [-0.39, 0.29) is 0 Å². The fourth-order valence-corrected chi connectivity index (χ4v) is 11.5. The molecular weight excluding hydrogens is 725 g/mol. The van der Waals surface area contributed by atoms with Gasteiger partial charge in [0.15, 0.2) is 0 Å². The minimum atomic E-state index is -0.439. The predicted octanol–water partition coefficient (Wildman–Crippen LogP) is 15.9. The molecule has 0 saturated carbocycles. The Bertz CT molecular complexity index is 3740. The molecule has 2 aliphatic carbocycles. The van der Waals surface area contributed by atoms with E-state index in [9.17, 15) is 0 Å². The predicted molar refractivity (Wildman–Crippen MR) is 251 cm³/mol. The topological polar surface area (TPSA) is 13.1 Å². The second-order valence-corrected chi connectivity index (χ2v) is 16.6. The molecule has 1 aromatic heterocycles. The largest absolute Gasteiger partial charge is 0.456 e. The summed E-state index contributed by atoms with van der Waals surface area (Å²) in [7, 11) is 0. The zero-order valence-corrected chi connectivity index (χ0v) is 32.5. The van der Waals surface area contributed by atoms with E-state index in [1.807, 2.05) is 6.07 Å². The third-order valence-corrected chi connectivity index (χ3v) is 13.8. The Kier molecular flexibility index (Phi) is 6.28. The number of hydrogen-bond donors (Lipinski definition) is 0. The summed E-state index contributed by atoms with van der Waals surface area (Å²) in [5, 5.41) is 12.4. The Morgan fingerprint density at radius 2 is 0.817 bits per heavy atom. The molecule has 0 fully saturated rings. The molecule has 0 radical (unpaired) electrons.